The molecule has 0 unspecified atom stereocenters. The molecule has 0 bridgehead atoms. The summed E-state index contributed by atoms with van der Waals surface area (Å²) in [6, 6.07) is 17.1. The van der Waals surface area contributed by atoms with Gasteiger partial charge in [-0.15, -0.1) is 0 Å². The summed E-state index contributed by atoms with van der Waals surface area (Å²) in [5, 5.41) is 14.0. The number of aromatic amines is 1. The molecule has 0 spiro atoms. The summed E-state index contributed by atoms with van der Waals surface area (Å²) < 4.78 is 1.75. The molecule has 1 amide bonds. The standard InChI is InChI=1S/C24H21N5O/c30-24(25-13-4-8-20-17-26-27-18-20)22-11-12-23(29-15-5-14-28-29)21(16-22)10-9-19-6-2-1-3-7-19/h1-3,5-7,11-12,14-18H,4,8,13H2,(H,25,30)(H,26,27). The van der Waals surface area contributed by atoms with Crippen LogP contribution in [0.2, 0.25) is 0 Å². The van der Waals surface area contributed by atoms with Gasteiger partial charge >= 0.3 is 0 Å². The molecule has 0 saturated heterocycles. The Morgan fingerprint density at radius 1 is 1.10 bits per heavy atom. The number of H-pyrrole nitrogens is 1. The lowest BCUT2D eigenvalue weighted by atomic mass is 10.1. The monoisotopic (exact) mass is 395 g/mol. The zero-order valence-electron chi connectivity index (χ0n) is 16.4. The van der Waals surface area contributed by atoms with Crippen molar-refractivity contribution in [3.8, 4) is 17.5 Å². The third kappa shape index (κ3) is 4.83. The number of carbonyl (C=O) groups excluding carboxylic acids is 1. The molecule has 0 aliphatic heterocycles. The van der Waals surface area contributed by atoms with E-state index in [1.807, 2.05) is 60.9 Å². The highest BCUT2D eigenvalue weighted by Crippen LogP contribution is 2.16. The first-order valence-corrected chi connectivity index (χ1v) is 9.76. The van der Waals surface area contributed by atoms with Crippen LogP contribution in [-0.2, 0) is 6.42 Å². The van der Waals surface area contributed by atoms with E-state index in [9.17, 15) is 4.79 Å². The predicted molar refractivity (Wildman–Crippen MR) is 115 cm³/mol. The molecular formula is C24H21N5O. The minimum atomic E-state index is -0.114. The van der Waals surface area contributed by atoms with E-state index in [1.165, 1.54) is 0 Å². The van der Waals surface area contributed by atoms with Gasteiger partial charge in [0, 0.05) is 36.3 Å². The van der Waals surface area contributed by atoms with E-state index in [4.69, 9.17) is 0 Å². The summed E-state index contributed by atoms with van der Waals surface area (Å²) in [7, 11) is 0. The Morgan fingerprint density at radius 3 is 2.77 bits per heavy atom. The fourth-order valence-electron chi connectivity index (χ4n) is 3.06. The maximum absolute atomic E-state index is 12.6. The first-order valence-electron chi connectivity index (χ1n) is 9.76. The van der Waals surface area contributed by atoms with Gasteiger partial charge in [0.1, 0.15) is 0 Å². The summed E-state index contributed by atoms with van der Waals surface area (Å²) in [6.07, 6.45) is 8.95. The first-order chi connectivity index (χ1) is 14.8. The van der Waals surface area contributed by atoms with Crippen LogP contribution < -0.4 is 5.32 Å². The molecule has 4 rings (SSSR count). The summed E-state index contributed by atoms with van der Waals surface area (Å²) in [4.78, 5) is 12.6. The third-order valence-corrected chi connectivity index (χ3v) is 4.61. The number of benzene rings is 2. The molecule has 30 heavy (non-hydrogen) atoms. The summed E-state index contributed by atoms with van der Waals surface area (Å²) >= 11 is 0. The minimum absolute atomic E-state index is 0.114. The molecule has 0 atom stereocenters. The summed E-state index contributed by atoms with van der Waals surface area (Å²) in [5.74, 6) is 6.25. The summed E-state index contributed by atoms with van der Waals surface area (Å²) in [6.45, 7) is 0.593. The van der Waals surface area contributed by atoms with Crippen LogP contribution in [0, 0.1) is 11.8 Å². The van der Waals surface area contributed by atoms with Gasteiger partial charge in [-0.3, -0.25) is 9.89 Å². The number of aromatic nitrogens is 4. The van der Waals surface area contributed by atoms with Crippen LogP contribution in [-0.4, -0.2) is 32.4 Å². The van der Waals surface area contributed by atoms with E-state index < -0.39 is 0 Å². The lowest BCUT2D eigenvalue weighted by Crippen LogP contribution is -2.25. The molecule has 0 saturated carbocycles. The number of nitrogens with zero attached hydrogens (tertiary/aromatic N) is 3. The Hall–Kier alpha value is -4.11. The van der Waals surface area contributed by atoms with Gasteiger partial charge in [-0.1, -0.05) is 30.0 Å². The Labute approximate surface area is 175 Å². The topological polar surface area (TPSA) is 75.6 Å². The molecule has 148 valence electrons. The Kier molecular flexibility index (Phi) is 6.02. The number of aryl methyl sites for hydroxylation is 1. The van der Waals surface area contributed by atoms with Crippen LogP contribution in [0.1, 0.15) is 33.5 Å². The molecule has 0 radical (unpaired) electrons. The molecule has 2 aromatic heterocycles. The van der Waals surface area contributed by atoms with Gasteiger partial charge in [-0.2, -0.15) is 10.2 Å². The van der Waals surface area contributed by atoms with Crippen LogP contribution in [0.3, 0.4) is 0 Å². The average molecular weight is 395 g/mol. The van der Waals surface area contributed by atoms with Crippen LogP contribution in [0.5, 0.6) is 0 Å². The Morgan fingerprint density at radius 2 is 2.00 bits per heavy atom. The average Bonchev–Trinajstić information content (AvgIpc) is 3.50. The number of rotatable bonds is 6. The van der Waals surface area contributed by atoms with Crippen molar-refractivity contribution in [1.82, 2.24) is 25.3 Å². The van der Waals surface area contributed by atoms with E-state index in [2.05, 4.69) is 32.5 Å². The van der Waals surface area contributed by atoms with Gasteiger partial charge in [0.2, 0.25) is 0 Å². The van der Waals surface area contributed by atoms with Gasteiger partial charge in [-0.25, -0.2) is 4.68 Å². The second kappa shape index (κ2) is 9.39. The number of amides is 1. The molecule has 2 heterocycles. The van der Waals surface area contributed by atoms with Gasteiger partial charge in [0.15, 0.2) is 0 Å². The number of hydrogen-bond donors (Lipinski definition) is 2. The maximum Gasteiger partial charge on any atom is 0.251 e. The Bertz CT molecular complexity index is 1150. The second-order valence-corrected chi connectivity index (χ2v) is 6.76. The van der Waals surface area contributed by atoms with E-state index in [0.29, 0.717) is 12.1 Å². The first kappa shape index (κ1) is 19.2. The minimum Gasteiger partial charge on any atom is -0.352 e. The molecule has 0 fully saturated rings. The zero-order valence-corrected chi connectivity index (χ0v) is 16.4. The molecule has 0 aliphatic rings. The fraction of sp³-hybridized carbons (Fsp3) is 0.125. The lowest BCUT2D eigenvalue weighted by Gasteiger charge is -2.09. The van der Waals surface area contributed by atoms with Crippen molar-refractivity contribution in [2.24, 2.45) is 0 Å². The van der Waals surface area contributed by atoms with Gasteiger partial charge in [0.25, 0.3) is 5.91 Å². The van der Waals surface area contributed by atoms with Crippen molar-refractivity contribution in [2.45, 2.75) is 12.8 Å². The molecule has 4 aromatic rings. The van der Waals surface area contributed by atoms with E-state index in [1.54, 1.807) is 23.1 Å². The molecule has 2 N–H and O–H groups in total. The highest BCUT2D eigenvalue weighted by Gasteiger charge is 2.10. The maximum atomic E-state index is 12.6. The third-order valence-electron chi connectivity index (χ3n) is 4.61. The normalized spacial score (nSPS) is 10.3. The van der Waals surface area contributed by atoms with E-state index in [-0.39, 0.29) is 5.91 Å². The van der Waals surface area contributed by atoms with Crippen LogP contribution in [0.15, 0.2) is 79.4 Å². The van der Waals surface area contributed by atoms with Crippen molar-refractivity contribution in [3.63, 3.8) is 0 Å². The quantitative estimate of drug-likeness (QED) is 0.388. The van der Waals surface area contributed by atoms with Crippen molar-refractivity contribution >= 4 is 5.91 Å². The highest BCUT2D eigenvalue weighted by molar-refractivity contribution is 5.95. The van der Waals surface area contributed by atoms with E-state index >= 15 is 0 Å². The lowest BCUT2D eigenvalue weighted by molar-refractivity contribution is 0.0953. The van der Waals surface area contributed by atoms with Crippen LogP contribution in [0.4, 0.5) is 0 Å². The fourth-order valence-corrected chi connectivity index (χ4v) is 3.06. The number of nitrogens with one attached hydrogen (secondary N) is 2. The molecule has 6 nitrogen and oxygen atoms in total. The SMILES string of the molecule is O=C(NCCCc1cn[nH]c1)c1ccc(-n2cccn2)c(C#Cc2ccccc2)c1. The molecule has 0 aliphatic carbocycles. The van der Waals surface area contributed by atoms with Gasteiger partial charge in [-0.05, 0) is 54.8 Å². The highest BCUT2D eigenvalue weighted by atomic mass is 16.1. The number of hydrogen-bond acceptors (Lipinski definition) is 3. The summed E-state index contributed by atoms with van der Waals surface area (Å²) in [5.41, 5.74) is 4.20. The number of carbonyl (C=O) groups is 1. The van der Waals surface area contributed by atoms with Crippen LogP contribution in [0.25, 0.3) is 5.69 Å². The second-order valence-electron chi connectivity index (χ2n) is 6.76. The van der Waals surface area contributed by atoms with E-state index in [0.717, 1.165) is 35.2 Å². The predicted octanol–water partition coefficient (Wildman–Crippen LogP) is 3.36. The molecule has 2 aromatic carbocycles. The smallest absolute Gasteiger partial charge is 0.251 e. The zero-order chi connectivity index (χ0) is 20.6. The molecule has 6 heteroatoms. The van der Waals surface area contributed by atoms with Crippen molar-refractivity contribution < 1.29 is 4.79 Å². The van der Waals surface area contributed by atoms with Crippen LogP contribution >= 0.6 is 0 Å². The van der Waals surface area contributed by atoms with Gasteiger partial charge in [0.05, 0.1) is 17.4 Å². The molecular weight excluding hydrogens is 374 g/mol. The van der Waals surface area contributed by atoms with Gasteiger partial charge < -0.3 is 5.32 Å². The largest absolute Gasteiger partial charge is 0.352 e. The van der Waals surface area contributed by atoms with Crippen molar-refractivity contribution in [2.75, 3.05) is 6.54 Å². The van der Waals surface area contributed by atoms with Crippen molar-refractivity contribution in [1.29, 1.82) is 0 Å². The Balaban J connectivity index is 1.51. The van der Waals surface area contributed by atoms with Crippen molar-refractivity contribution in [3.05, 3.63) is 102 Å².